The quantitative estimate of drug-likeness (QED) is 0.874. The van der Waals surface area contributed by atoms with Crippen molar-refractivity contribution >= 4 is 11.7 Å². The van der Waals surface area contributed by atoms with Crippen molar-refractivity contribution in [2.24, 2.45) is 5.73 Å². The number of nitrogens with zero attached hydrogens (tertiary/aromatic N) is 3. The van der Waals surface area contributed by atoms with Crippen molar-refractivity contribution < 1.29 is 4.79 Å². The smallest absolute Gasteiger partial charge is 0.271 e. The first-order valence-corrected chi connectivity index (χ1v) is 7.91. The van der Waals surface area contributed by atoms with Gasteiger partial charge in [-0.05, 0) is 30.5 Å². The summed E-state index contributed by atoms with van der Waals surface area (Å²) in [7, 11) is 0. The Morgan fingerprint density at radius 1 is 1.13 bits per heavy atom. The Labute approximate surface area is 135 Å². The number of hydrogen-bond acceptors (Lipinski definition) is 5. The predicted molar refractivity (Wildman–Crippen MR) is 89.2 cm³/mol. The van der Waals surface area contributed by atoms with Crippen molar-refractivity contribution in [3.8, 4) is 0 Å². The molecular weight excluding hydrogens is 290 g/mol. The molecule has 1 unspecified atom stereocenters. The van der Waals surface area contributed by atoms with Crippen LogP contribution in [-0.4, -0.2) is 35.7 Å². The molecule has 2 aromatic rings. The highest BCUT2D eigenvalue weighted by atomic mass is 16.1. The Balaban J connectivity index is 1.55. The third-order valence-corrected chi connectivity index (χ3v) is 4.02. The fourth-order valence-electron chi connectivity index (χ4n) is 2.67. The van der Waals surface area contributed by atoms with Gasteiger partial charge in [0.25, 0.3) is 5.91 Å². The number of carbonyl (C=O) groups is 1. The van der Waals surface area contributed by atoms with Crippen LogP contribution in [0, 0.1) is 0 Å². The molecule has 1 fully saturated rings. The fourth-order valence-corrected chi connectivity index (χ4v) is 2.67. The number of amides is 1. The van der Waals surface area contributed by atoms with E-state index < -0.39 is 0 Å². The molecule has 1 aromatic carbocycles. The molecule has 120 valence electrons. The molecule has 0 saturated carbocycles. The fraction of sp³-hybridized carbons (Fsp3) is 0.353. The summed E-state index contributed by atoms with van der Waals surface area (Å²) in [6.45, 7) is 2.37. The Bertz CT molecular complexity index is 638. The molecule has 3 rings (SSSR count). The zero-order valence-electron chi connectivity index (χ0n) is 13.0. The van der Waals surface area contributed by atoms with Crippen LogP contribution in [0.3, 0.4) is 0 Å². The Morgan fingerprint density at radius 3 is 2.52 bits per heavy atom. The molecule has 1 aliphatic rings. The number of hydrogen-bond donors (Lipinski definition) is 2. The van der Waals surface area contributed by atoms with E-state index in [1.54, 1.807) is 6.07 Å². The zero-order chi connectivity index (χ0) is 16.1. The maximum atomic E-state index is 12.1. The number of nitrogens with one attached hydrogen (secondary N) is 1. The van der Waals surface area contributed by atoms with Crippen molar-refractivity contribution in [2.75, 3.05) is 24.5 Å². The van der Waals surface area contributed by atoms with Crippen LogP contribution in [0.2, 0.25) is 0 Å². The van der Waals surface area contributed by atoms with Crippen molar-refractivity contribution in [3.05, 3.63) is 53.7 Å². The lowest BCUT2D eigenvalue weighted by Crippen LogP contribution is -2.32. The van der Waals surface area contributed by atoms with E-state index in [0.717, 1.165) is 24.5 Å². The molecule has 1 atom stereocenters. The van der Waals surface area contributed by atoms with Crippen LogP contribution < -0.4 is 16.0 Å². The van der Waals surface area contributed by atoms with E-state index in [9.17, 15) is 4.79 Å². The van der Waals surface area contributed by atoms with Crippen LogP contribution >= 0.6 is 0 Å². The minimum atomic E-state index is -0.253. The van der Waals surface area contributed by atoms with E-state index in [1.807, 2.05) is 36.4 Å². The van der Waals surface area contributed by atoms with E-state index in [-0.39, 0.29) is 11.9 Å². The van der Waals surface area contributed by atoms with E-state index in [0.29, 0.717) is 12.2 Å². The minimum absolute atomic E-state index is 0.239. The van der Waals surface area contributed by atoms with E-state index in [1.165, 1.54) is 12.8 Å². The lowest BCUT2D eigenvalue weighted by molar-refractivity contribution is 0.0945. The third-order valence-electron chi connectivity index (χ3n) is 4.02. The molecule has 1 amide bonds. The molecule has 6 heteroatoms. The van der Waals surface area contributed by atoms with Crippen LogP contribution in [0.4, 0.5) is 5.82 Å². The maximum absolute atomic E-state index is 12.1. The molecule has 1 saturated heterocycles. The molecule has 0 aliphatic carbocycles. The maximum Gasteiger partial charge on any atom is 0.271 e. The van der Waals surface area contributed by atoms with Gasteiger partial charge in [0.05, 0.1) is 0 Å². The largest absolute Gasteiger partial charge is 0.355 e. The molecule has 2 heterocycles. The van der Waals surface area contributed by atoms with Gasteiger partial charge in [0, 0.05) is 25.7 Å². The number of benzene rings is 1. The number of nitrogens with two attached hydrogens (primary N) is 1. The van der Waals surface area contributed by atoms with Gasteiger partial charge in [-0.2, -0.15) is 0 Å². The standard InChI is InChI=1S/C17H21N5O/c18-14(13-6-2-1-3-7-13)12-19-17(23)15-8-9-16(21-20-15)22-10-4-5-11-22/h1-3,6-9,14H,4-5,10-12,18H2,(H,19,23). The van der Waals surface area contributed by atoms with Crippen molar-refractivity contribution in [1.82, 2.24) is 15.5 Å². The molecule has 0 bridgehead atoms. The van der Waals surface area contributed by atoms with Gasteiger partial charge in [-0.1, -0.05) is 30.3 Å². The molecule has 1 aromatic heterocycles. The van der Waals surface area contributed by atoms with Gasteiger partial charge in [0.15, 0.2) is 11.5 Å². The first kappa shape index (κ1) is 15.4. The first-order valence-electron chi connectivity index (χ1n) is 7.91. The van der Waals surface area contributed by atoms with Crippen LogP contribution in [0.5, 0.6) is 0 Å². The molecule has 3 N–H and O–H groups in total. The number of anilines is 1. The van der Waals surface area contributed by atoms with Crippen LogP contribution in [0.25, 0.3) is 0 Å². The van der Waals surface area contributed by atoms with Crippen LogP contribution in [0.15, 0.2) is 42.5 Å². The van der Waals surface area contributed by atoms with Gasteiger partial charge in [0.1, 0.15) is 0 Å². The minimum Gasteiger partial charge on any atom is -0.355 e. The molecule has 1 aliphatic heterocycles. The van der Waals surface area contributed by atoms with Gasteiger partial charge in [-0.3, -0.25) is 4.79 Å². The second kappa shape index (κ2) is 7.19. The summed E-state index contributed by atoms with van der Waals surface area (Å²) in [4.78, 5) is 14.3. The summed E-state index contributed by atoms with van der Waals surface area (Å²) < 4.78 is 0. The monoisotopic (exact) mass is 311 g/mol. The molecule has 0 spiro atoms. The number of aromatic nitrogens is 2. The van der Waals surface area contributed by atoms with Gasteiger partial charge < -0.3 is 16.0 Å². The van der Waals surface area contributed by atoms with E-state index >= 15 is 0 Å². The van der Waals surface area contributed by atoms with E-state index in [2.05, 4.69) is 20.4 Å². The molecular formula is C17H21N5O. The normalized spacial score (nSPS) is 15.4. The Kier molecular flexibility index (Phi) is 4.83. The highest BCUT2D eigenvalue weighted by molar-refractivity contribution is 5.92. The van der Waals surface area contributed by atoms with Crippen molar-refractivity contribution in [2.45, 2.75) is 18.9 Å². The summed E-state index contributed by atoms with van der Waals surface area (Å²) in [6.07, 6.45) is 2.36. The zero-order valence-corrected chi connectivity index (χ0v) is 13.0. The number of carbonyl (C=O) groups excluding carboxylic acids is 1. The second-order valence-electron chi connectivity index (χ2n) is 5.70. The topological polar surface area (TPSA) is 84.1 Å². The lowest BCUT2D eigenvalue weighted by Gasteiger charge is -2.15. The number of rotatable bonds is 5. The van der Waals surface area contributed by atoms with Crippen LogP contribution in [0.1, 0.15) is 34.9 Å². The van der Waals surface area contributed by atoms with E-state index in [4.69, 9.17) is 5.73 Å². The Morgan fingerprint density at radius 2 is 1.87 bits per heavy atom. The molecule has 0 radical (unpaired) electrons. The summed E-state index contributed by atoms with van der Waals surface area (Å²) >= 11 is 0. The van der Waals surface area contributed by atoms with Gasteiger partial charge in [-0.25, -0.2) is 0 Å². The highest BCUT2D eigenvalue weighted by Gasteiger charge is 2.15. The molecule has 23 heavy (non-hydrogen) atoms. The SMILES string of the molecule is NC(CNC(=O)c1ccc(N2CCCC2)nn1)c1ccccc1. The van der Waals surface area contributed by atoms with Crippen molar-refractivity contribution in [1.29, 1.82) is 0 Å². The first-order chi connectivity index (χ1) is 11.2. The van der Waals surface area contributed by atoms with Gasteiger partial charge in [-0.15, -0.1) is 10.2 Å². The average Bonchev–Trinajstić information content (AvgIpc) is 3.15. The second-order valence-corrected chi connectivity index (χ2v) is 5.70. The predicted octanol–water partition coefficient (Wildman–Crippen LogP) is 1.51. The summed E-state index contributed by atoms with van der Waals surface area (Å²) in [5.41, 5.74) is 7.37. The highest BCUT2D eigenvalue weighted by Crippen LogP contribution is 2.16. The van der Waals surface area contributed by atoms with Crippen molar-refractivity contribution in [3.63, 3.8) is 0 Å². The average molecular weight is 311 g/mol. The van der Waals surface area contributed by atoms with Gasteiger partial charge >= 0.3 is 0 Å². The molecule has 6 nitrogen and oxygen atoms in total. The summed E-state index contributed by atoms with van der Waals surface area (Å²) in [6, 6.07) is 13.0. The Hall–Kier alpha value is -2.47. The lowest BCUT2D eigenvalue weighted by atomic mass is 10.1. The van der Waals surface area contributed by atoms with Crippen LogP contribution in [-0.2, 0) is 0 Å². The third kappa shape index (κ3) is 3.84. The summed E-state index contributed by atoms with van der Waals surface area (Å²) in [5, 5.41) is 11.0. The van der Waals surface area contributed by atoms with Gasteiger partial charge in [0.2, 0.25) is 0 Å². The summed E-state index contributed by atoms with van der Waals surface area (Å²) in [5.74, 6) is 0.580.